The zero-order valence-corrected chi connectivity index (χ0v) is 23.5. The van der Waals surface area contributed by atoms with Crippen LogP contribution in [0.15, 0.2) is 28.0 Å². The summed E-state index contributed by atoms with van der Waals surface area (Å²) in [6, 6.07) is 5.99. The van der Waals surface area contributed by atoms with Crippen LogP contribution < -0.4 is 0 Å². The number of hydrogen-bond donors (Lipinski definition) is 2. The molecule has 0 aliphatic heterocycles. The number of hydrogen-bond acceptors (Lipinski definition) is 3. The summed E-state index contributed by atoms with van der Waals surface area (Å²) in [5.41, 5.74) is 5.27. The second kappa shape index (κ2) is 10.8. The zero-order chi connectivity index (χ0) is 25.1. The number of phenols is 2. The van der Waals surface area contributed by atoms with E-state index in [2.05, 4.69) is 75.3 Å². The van der Waals surface area contributed by atoms with Gasteiger partial charge in [0.15, 0.2) is 0 Å². The van der Waals surface area contributed by atoms with Gasteiger partial charge >= 0.3 is 0 Å². The Hall–Kier alpha value is -1.61. The molecule has 2 aromatic rings. The number of unbranched alkanes of at least 4 members (excludes halogenated alkanes) is 2. The fourth-order valence-corrected chi connectivity index (χ4v) is 5.75. The fourth-order valence-electron chi connectivity index (χ4n) is 4.59. The maximum atomic E-state index is 11.0. The summed E-state index contributed by atoms with van der Waals surface area (Å²) in [5, 5.41) is 21.6. The molecule has 0 radical (unpaired) electrons. The highest BCUT2D eigenvalue weighted by Gasteiger charge is 2.27. The van der Waals surface area contributed by atoms with Crippen molar-refractivity contribution in [2.75, 3.05) is 0 Å². The van der Waals surface area contributed by atoms with Gasteiger partial charge in [0.2, 0.25) is 0 Å². The second-order valence-electron chi connectivity index (χ2n) is 12.1. The van der Waals surface area contributed by atoms with Crippen LogP contribution in [-0.4, -0.2) is 10.2 Å². The normalized spacial score (nSPS) is 12.6. The minimum Gasteiger partial charge on any atom is -0.508 e. The van der Waals surface area contributed by atoms with E-state index >= 15 is 0 Å². The summed E-state index contributed by atoms with van der Waals surface area (Å²) in [7, 11) is 0. The topological polar surface area (TPSA) is 40.5 Å². The Bertz CT molecular complexity index is 959. The predicted molar refractivity (Wildman–Crippen MR) is 144 cm³/mol. The zero-order valence-electron chi connectivity index (χ0n) is 22.6. The monoisotopic (exact) mass is 470 g/mol. The molecule has 0 atom stereocenters. The molecule has 33 heavy (non-hydrogen) atoms. The van der Waals surface area contributed by atoms with E-state index in [1.165, 1.54) is 34.6 Å². The van der Waals surface area contributed by atoms with Crippen molar-refractivity contribution in [1.29, 1.82) is 0 Å². The molecule has 0 saturated heterocycles. The number of benzene rings is 2. The van der Waals surface area contributed by atoms with Crippen molar-refractivity contribution in [2.24, 2.45) is 5.92 Å². The summed E-state index contributed by atoms with van der Waals surface area (Å²) in [5.74, 6) is 1.53. The molecule has 0 aliphatic rings. The lowest BCUT2D eigenvalue weighted by molar-refractivity contribution is 0.441. The molecule has 2 N–H and O–H groups in total. The van der Waals surface area contributed by atoms with E-state index in [-0.39, 0.29) is 10.8 Å². The molecular formula is C30H46O2S. The largest absolute Gasteiger partial charge is 0.508 e. The molecule has 0 unspecified atom stereocenters. The van der Waals surface area contributed by atoms with Gasteiger partial charge < -0.3 is 10.2 Å². The van der Waals surface area contributed by atoms with Gasteiger partial charge in [0.1, 0.15) is 11.5 Å². The molecule has 0 spiro atoms. The van der Waals surface area contributed by atoms with Gasteiger partial charge in [0, 0.05) is 20.9 Å². The summed E-state index contributed by atoms with van der Waals surface area (Å²) >= 11 is 1.79. The molecule has 0 aliphatic carbocycles. The van der Waals surface area contributed by atoms with Gasteiger partial charge in [-0.15, -0.1) is 0 Å². The van der Waals surface area contributed by atoms with Crippen LogP contribution in [0.25, 0.3) is 0 Å². The Kier molecular flexibility index (Phi) is 9.01. The third-order valence-corrected chi connectivity index (χ3v) is 7.75. The van der Waals surface area contributed by atoms with E-state index in [0.29, 0.717) is 11.5 Å². The van der Waals surface area contributed by atoms with Crippen molar-refractivity contribution < 1.29 is 10.2 Å². The summed E-state index contributed by atoms with van der Waals surface area (Å²) < 4.78 is 0. The molecule has 0 aromatic heterocycles. The van der Waals surface area contributed by atoms with Gasteiger partial charge in [-0.2, -0.15) is 0 Å². The average molecular weight is 471 g/mol. The van der Waals surface area contributed by atoms with E-state index in [0.717, 1.165) is 41.0 Å². The third-order valence-electron chi connectivity index (χ3n) is 6.31. The van der Waals surface area contributed by atoms with E-state index in [4.69, 9.17) is 0 Å². The van der Waals surface area contributed by atoms with Crippen LogP contribution in [0.3, 0.4) is 0 Å². The SMILES string of the molecule is Cc1cc(O)c(C(C)(C)C)cc1Sc1c(C)cc(O)c(C(C)(C)C)c1CCCCCC(C)C. The van der Waals surface area contributed by atoms with E-state index in [1.807, 2.05) is 12.1 Å². The first-order chi connectivity index (χ1) is 15.1. The number of aromatic hydroxyl groups is 2. The maximum absolute atomic E-state index is 11.0. The van der Waals surface area contributed by atoms with Gasteiger partial charge in [-0.25, -0.2) is 0 Å². The predicted octanol–water partition coefficient (Wildman–Crippen LogP) is 9.22. The van der Waals surface area contributed by atoms with Crippen LogP contribution in [0.1, 0.15) is 109 Å². The molecule has 3 heteroatoms. The van der Waals surface area contributed by atoms with E-state index < -0.39 is 0 Å². The Balaban J connectivity index is 2.54. The van der Waals surface area contributed by atoms with Crippen molar-refractivity contribution in [3.05, 3.63) is 46.0 Å². The molecule has 0 amide bonds. The molecule has 0 fully saturated rings. The molecule has 2 nitrogen and oxygen atoms in total. The van der Waals surface area contributed by atoms with E-state index in [1.54, 1.807) is 11.8 Å². The Morgan fingerprint density at radius 1 is 0.788 bits per heavy atom. The number of aryl methyl sites for hydroxylation is 2. The van der Waals surface area contributed by atoms with Crippen LogP contribution in [0.5, 0.6) is 11.5 Å². The van der Waals surface area contributed by atoms with Crippen LogP contribution in [-0.2, 0) is 17.3 Å². The highest BCUT2D eigenvalue weighted by atomic mass is 32.2. The molecular weight excluding hydrogens is 424 g/mol. The average Bonchev–Trinajstić information content (AvgIpc) is 2.63. The Morgan fingerprint density at radius 2 is 1.39 bits per heavy atom. The summed E-state index contributed by atoms with van der Waals surface area (Å²) in [6.45, 7) is 21.7. The number of phenolic OH excluding ortho intramolecular Hbond substituents is 2. The van der Waals surface area contributed by atoms with Gasteiger partial charge in [0.25, 0.3) is 0 Å². The van der Waals surface area contributed by atoms with Gasteiger partial charge in [0.05, 0.1) is 0 Å². The Labute approximate surface area is 207 Å². The molecule has 2 aromatic carbocycles. The lowest BCUT2D eigenvalue weighted by Gasteiger charge is -2.28. The van der Waals surface area contributed by atoms with Crippen molar-refractivity contribution in [1.82, 2.24) is 0 Å². The van der Waals surface area contributed by atoms with Crippen molar-refractivity contribution >= 4 is 11.8 Å². The van der Waals surface area contributed by atoms with E-state index in [9.17, 15) is 10.2 Å². The quantitative estimate of drug-likeness (QED) is 0.378. The van der Waals surface area contributed by atoms with Crippen molar-refractivity contribution in [3.63, 3.8) is 0 Å². The number of rotatable bonds is 8. The van der Waals surface area contributed by atoms with Crippen molar-refractivity contribution in [3.8, 4) is 11.5 Å². The lowest BCUT2D eigenvalue weighted by Crippen LogP contribution is -2.16. The van der Waals surface area contributed by atoms with Gasteiger partial charge in [-0.3, -0.25) is 0 Å². The van der Waals surface area contributed by atoms with Crippen LogP contribution in [0, 0.1) is 19.8 Å². The van der Waals surface area contributed by atoms with Crippen LogP contribution in [0.4, 0.5) is 0 Å². The van der Waals surface area contributed by atoms with Gasteiger partial charge in [-0.1, -0.05) is 86.4 Å². The smallest absolute Gasteiger partial charge is 0.119 e. The summed E-state index contributed by atoms with van der Waals surface area (Å²) in [4.78, 5) is 2.43. The molecule has 0 heterocycles. The Morgan fingerprint density at radius 3 is 1.94 bits per heavy atom. The fraction of sp³-hybridized carbons (Fsp3) is 0.600. The minimum atomic E-state index is -0.138. The second-order valence-corrected chi connectivity index (χ2v) is 13.2. The molecule has 2 rings (SSSR count). The molecule has 0 bridgehead atoms. The van der Waals surface area contributed by atoms with Crippen molar-refractivity contribution in [2.45, 2.75) is 122 Å². The van der Waals surface area contributed by atoms with Crippen LogP contribution in [0.2, 0.25) is 0 Å². The molecule has 184 valence electrons. The maximum Gasteiger partial charge on any atom is 0.119 e. The first-order valence-corrected chi connectivity index (χ1v) is 13.3. The third kappa shape index (κ3) is 7.18. The van der Waals surface area contributed by atoms with Crippen LogP contribution >= 0.6 is 11.8 Å². The highest BCUT2D eigenvalue weighted by molar-refractivity contribution is 7.99. The summed E-state index contributed by atoms with van der Waals surface area (Å²) in [6.07, 6.45) is 5.86. The standard InChI is InChI=1S/C30H46O2S/c1-19(2)14-12-11-13-15-22-27(30(8,9)10)25(32)17-21(4)28(22)33-26-18-23(29(5,6)7)24(31)16-20(26)3/h16-19,31-32H,11-15H2,1-10H3. The first kappa shape index (κ1) is 27.6. The first-order valence-electron chi connectivity index (χ1n) is 12.5. The minimum absolute atomic E-state index is 0.132. The lowest BCUT2D eigenvalue weighted by atomic mass is 9.81. The highest BCUT2D eigenvalue weighted by Crippen LogP contribution is 2.46. The molecule has 0 saturated carbocycles. The van der Waals surface area contributed by atoms with Gasteiger partial charge in [-0.05, 0) is 78.3 Å².